The number of aryl methyl sites for hydroxylation is 1. The van der Waals surface area contributed by atoms with E-state index in [-0.39, 0.29) is 35.2 Å². The number of Topliss-reactive ketones (excluding diaryl/α,β-unsaturated/α-hetero) is 2. The lowest BCUT2D eigenvalue weighted by Crippen LogP contribution is -2.22. The van der Waals surface area contributed by atoms with Gasteiger partial charge in [0.15, 0.2) is 11.6 Å². The SMILES string of the molecule is CCC(=O)C1=C(O)CC(c2cc(C)cs2)CC1=O. The van der Waals surface area contributed by atoms with Gasteiger partial charge in [0.2, 0.25) is 0 Å². The number of aliphatic hydroxyl groups excluding tert-OH is 1. The van der Waals surface area contributed by atoms with Crippen molar-refractivity contribution in [2.24, 2.45) is 0 Å². The highest BCUT2D eigenvalue weighted by Crippen LogP contribution is 2.36. The van der Waals surface area contributed by atoms with E-state index in [2.05, 4.69) is 0 Å². The van der Waals surface area contributed by atoms with E-state index >= 15 is 0 Å². The van der Waals surface area contributed by atoms with E-state index in [1.807, 2.05) is 18.4 Å². The first-order valence-electron chi connectivity index (χ1n) is 6.06. The molecule has 0 saturated heterocycles. The van der Waals surface area contributed by atoms with Crippen LogP contribution in [0.4, 0.5) is 0 Å². The van der Waals surface area contributed by atoms with Crippen LogP contribution in [0.15, 0.2) is 22.8 Å². The largest absolute Gasteiger partial charge is 0.511 e. The Bertz CT molecular complexity index is 525. The average Bonchev–Trinajstić information content (AvgIpc) is 2.74. The zero-order valence-electron chi connectivity index (χ0n) is 10.5. The summed E-state index contributed by atoms with van der Waals surface area (Å²) in [5, 5.41) is 12.0. The van der Waals surface area contributed by atoms with Gasteiger partial charge in [0.1, 0.15) is 5.76 Å². The van der Waals surface area contributed by atoms with Gasteiger partial charge in [0, 0.05) is 30.1 Å². The summed E-state index contributed by atoms with van der Waals surface area (Å²) in [5.41, 5.74) is 1.20. The minimum atomic E-state index is -0.252. The monoisotopic (exact) mass is 264 g/mol. The number of carbonyl (C=O) groups excluding carboxylic acids is 2. The van der Waals surface area contributed by atoms with Crippen molar-refractivity contribution in [1.82, 2.24) is 0 Å². The van der Waals surface area contributed by atoms with Gasteiger partial charge in [0.05, 0.1) is 5.57 Å². The van der Waals surface area contributed by atoms with Crippen LogP contribution in [0.25, 0.3) is 0 Å². The van der Waals surface area contributed by atoms with Crippen molar-refractivity contribution in [2.75, 3.05) is 0 Å². The maximum Gasteiger partial charge on any atom is 0.170 e. The van der Waals surface area contributed by atoms with Crippen molar-refractivity contribution in [3.8, 4) is 0 Å². The molecule has 0 spiro atoms. The molecule has 4 heteroatoms. The van der Waals surface area contributed by atoms with Gasteiger partial charge >= 0.3 is 0 Å². The predicted molar refractivity (Wildman–Crippen MR) is 71.0 cm³/mol. The molecule has 1 aliphatic carbocycles. The molecule has 1 aromatic rings. The molecule has 1 unspecified atom stereocenters. The van der Waals surface area contributed by atoms with Gasteiger partial charge in [-0.1, -0.05) is 6.92 Å². The third-order valence-electron chi connectivity index (χ3n) is 3.19. The van der Waals surface area contributed by atoms with Crippen LogP contribution in [0.5, 0.6) is 0 Å². The fourth-order valence-corrected chi connectivity index (χ4v) is 3.26. The Balaban J connectivity index is 2.27. The van der Waals surface area contributed by atoms with Crippen LogP contribution in [-0.4, -0.2) is 16.7 Å². The van der Waals surface area contributed by atoms with Crippen molar-refractivity contribution in [2.45, 2.75) is 39.0 Å². The Hall–Kier alpha value is -1.42. The summed E-state index contributed by atoms with van der Waals surface area (Å²) < 4.78 is 0. The standard InChI is InChI=1S/C14H16O3S/c1-3-10(15)14-11(16)5-9(6-12(14)17)13-4-8(2)7-18-13/h4,7,9,16H,3,5-6H2,1-2H3. The molecule has 1 aliphatic rings. The van der Waals surface area contributed by atoms with Gasteiger partial charge in [-0.25, -0.2) is 0 Å². The van der Waals surface area contributed by atoms with Crippen LogP contribution in [0.3, 0.4) is 0 Å². The molecule has 1 N–H and O–H groups in total. The van der Waals surface area contributed by atoms with Crippen molar-refractivity contribution < 1.29 is 14.7 Å². The quantitative estimate of drug-likeness (QED) is 0.852. The normalized spacial score (nSPS) is 20.3. The van der Waals surface area contributed by atoms with Gasteiger partial charge in [-0.15, -0.1) is 11.3 Å². The molecule has 2 rings (SSSR count). The molecular weight excluding hydrogens is 248 g/mol. The van der Waals surface area contributed by atoms with E-state index in [1.54, 1.807) is 18.3 Å². The van der Waals surface area contributed by atoms with E-state index in [9.17, 15) is 14.7 Å². The third kappa shape index (κ3) is 2.38. The molecule has 96 valence electrons. The highest BCUT2D eigenvalue weighted by atomic mass is 32.1. The van der Waals surface area contributed by atoms with Crippen LogP contribution in [0, 0.1) is 6.92 Å². The summed E-state index contributed by atoms with van der Waals surface area (Å²) in [6.07, 6.45) is 0.978. The number of ketones is 2. The molecule has 0 aliphatic heterocycles. The molecule has 1 heterocycles. The number of rotatable bonds is 3. The lowest BCUT2D eigenvalue weighted by Gasteiger charge is -2.21. The first-order valence-corrected chi connectivity index (χ1v) is 6.94. The fraction of sp³-hybridized carbons (Fsp3) is 0.429. The first kappa shape index (κ1) is 13.0. The molecule has 1 atom stereocenters. The highest BCUT2D eigenvalue weighted by Gasteiger charge is 2.32. The van der Waals surface area contributed by atoms with Gasteiger partial charge < -0.3 is 5.11 Å². The summed E-state index contributed by atoms with van der Waals surface area (Å²) in [7, 11) is 0. The summed E-state index contributed by atoms with van der Waals surface area (Å²) >= 11 is 1.60. The van der Waals surface area contributed by atoms with Crippen LogP contribution in [-0.2, 0) is 9.59 Å². The summed E-state index contributed by atoms with van der Waals surface area (Å²) in [5.74, 6) is -0.487. The van der Waals surface area contributed by atoms with Crippen LogP contribution < -0.4 is 0 Å². The third-order valence-corrected chi connectivity index (χ3v) is 4.41. The van der Waals surface area contributed by atoms with Crippen molar-refractivity contribution >= 4 is 22.9 Å². The minimum absolute atomic E-state index is 0.0182. The van der Waals surface area contributed by atoms with E-state index in [0.29, 0.717) is 12.8 Å². The Morgan fingerprint density at radius 3 is 2.72 bits per heavy atom. The first-order chi connectivity index (χ1) is 8.52. The molecule has 0 amide bonds. The Labute approximate surface area is 110 Å². The number of aliphatic hydroxyl groups is 1. The van der Waals surface area contributed by atoms with Crippen LogP contribution in [0.2, 0.25) is 0 Å². The van der Waals surface area contributed by atoms with Gasteiger partial charge in [0.25, 0.3) is 0 Å². The maximum absolute atomic E-state index is 12.0. The zero-order valence-corrected chi connectivity index (χ0v) is 11.3. The topological polar surface area (TPSA) is 54.4 Å². The molecular formula is C14H16O3S. The number of allylic oxidation sites excluding steroid dienone is 2. The van der Waals surface area contributed by atoms with Gasteiger partial charge in [-0.2, -0.15) is 0 Å². The molecule has 3 nitrogen and oxygen atoms in total. The summed E-state index contributed by atoms with van der Waals surface area (Å²) in [6, 6.07) is 2.04. The summed E-state index contributed by atoms with van der Waals surface area (Å²) in [6.45, 7) is 3.71. The number of hydrogen-bond acceptors (Lipinski definition) is 4. The van der Waals surface area contributed by atoms with Crippen molar-refractivity contribution in [1.29, 1.82) is 0 Å². The fourth-order valence-electron chi connectivity index (χ4n) is 2.26. The average molecular weight is 264 g/mol. The lowest BCUT2D eigenvalue weighted by molar-refractivity contribution is -0.122. The molecule has 0 saturated carbocycles. The van der Waals surface area contributed by atoms with Gasteiger partial charge in [-0.3, -0.25) is 9.59 Å². The molecule has 0 radical (unpaired) electrons. The predicted octanol–water partition coefficient (Wildman–Crippen LogP) is 3.29. The number of thiophene rings is 1. The molecule has 18 heavy (non-hydrogen) atoms. The van der Waals surface area contributed by atoms with Crippen molar-refractivity contribution in [3.63, 3.8) is 0 Å². The van der Waals surface area contributed by atoms with E-state index < -0.39 is 0 Å². The Kier molecular flexibility index (Phi) is 3.66. The smallest absolute Gasteiger partial charge is 0.170 e. The van der Waals surface area contributed by atoms with E-state index in [0.717, 1.165) is 4.88 Å². The molecule has 1 aromatic heterocycles. The van der Waals surface area contributed by atoms with Crippen molar-refractivity contribution in [3.05, 3.63) is 33.2 Å². The maximum atomic E-state index is 12.0. The number of hydrogen-bond donors (Lipinski definition) is 1. The van der Waals surface area contributed by atoms with E-state index in [1.165, 1.54) is 5.56 Å². The highest BCUT2D eigenvalue weighted by molar-refractivity contribution is 7.10. The second kappa shape index (κ2) is 5.06. The number of carbonyl (C=O) groups is 2. The van der Waals surface area contributed by atoms with Crippen LogP contribution in [0.1, 0.15) is 42.5 Å². The summed E-state index contributed by atoms with van der Waals surface area (Å²) in [4.78, 5) is 24.7. The van der Waals surface area contributed by atoms with Gasteiger partial charge in [-0.05, 0) is 23.9 Å². The van der Waals surface area contributed by atoms with E-state index in [4.69, 9.17) is 0 Å². The van der Waals surface area contributed by atoms with Crippen LogP contribution >= 0.6 is 11.3 Å². The second-order valence-electron chi connectivity index (χ2n) is 4.65. The molecule has 0 fully saturated rings. The second-order valence-corrected chi connectivity index (χ2v) is 5.60. The minimum Gasteiger partial charge on any atom is -0.511 e. The zero-order chi connectivity index (χ0) is 13.3. The molecule has 0 aromatic carbocycles. The Morgan fingerprint density at radius 2 is 2.22 bits per heavy atom. The lowest BCUT2D eigenvalue weighted by atomic mass is 9.84. The molecule has 0 bridgehead atoms. The Morgan fingerprint density at radius 1 is 1.50 bits per heavy atom.